The second-order valence-corrected chi connectivity index (χ2v) is 9.37. The highest BCUT2D eigenvalue weighted by atomic mass is 16.5. The van der Waals surface area contributed by atoms with E-state index in [4.69, 9.17) is 19.6 Å². The zero-order valence-corrected chi connectivity index (χ0v) is 21.3. The van der Waals surface area contributed by atoms with Crippen molar-refractivity contribution < 1.29 is 14.3 Å². The number of methoxy groups -OCH3 is 2. The molecule has 190 valence electrons. The molecule has 1 aliphatic carbocycles. The molecule has 5 rings (SSSR count). The monoisotopic (exact) mass is 496 g/mol. The fraction of sp³-hybridized carbons (Fsp3) is 0.300. The topological polar surface area (TPSA) is 78.3 Å². The number of carbonyl (C=O) groups is 1. The molecule has 7 nitrogen and oxygen atoms in total. The lowest BCUT2D eigenvalue weighted by Gasteiger charge is -2.23. The van der Waals surface area contributed by atoms with E-state index in [2.05, 4.69) is 17.4 Å². The van der Waals surface area contributed by atoms with Crippen molar-refractivity contribution in [2.45, 2.75) is 44.7 Å². The Morgan fingerprint density at radius 2 is 1.76 bits per heavy atom. The van der Waals surface area contributed by atoms with E-state index >= 15 is 0 Å². The SMILES string of the molecule is COC(=O)c1ccc(C=Cc2nn(Cc3ccc(OC)cc3)c3ccnc(NC4CCCCC4)c23)cc1. The van der Waals surface area contributed by atoms with Crippen LogP contribution in [0.4, 0.5) is 5.82 Å². The van der Waals surface area contributed by atoms with Gasteiger partial charge in [0.2, 0.25) is 0 Å². The molecule has 1 saturated carbocycles. The number of pyridine rings is 1. The van der Waals surface area contributed by atoms with Gasteiger partial charge in [-0.1, -0.05) is 49.6 Å². The number of rotatable bonds is 8. The lowest BCUT2D eigenvalue weighted by atomic mass is 9.95. The molecule has 0 saturated heterocycles. The quantitative estimate of drug-likeness (QED) is 0.293. The van der Waals surface area contributed by atoms with E-state index in [1.165, 1.54) is 26.4 Å². The Bertz CT molecular complexity index is 1390. The van der Waals surface area contributed by atoms with E-state index in [1.54, 1.807) is 19.2 Å². The normalized spacial score (nSPS) is 14.2. The first kappa shape index (κ1) is 24.6. The Kier molecular flexibility index (Phi) is 7.49. The number of nitrogens with zero attached hydrogens (tertiary/aromatic N) is 3. The molecular weight excluding hydrogens is 464 g/mol. The van der Waals surface area contributed by atoms with Gasteiger partial charge >= 0.3 is 5.97 Å². The standard InChI is InChI=1S/C30H32N4O3/c1-36-25-15-10-22(11-16-25)20-34-27-18-19-31-29(32-24-6-4-3-5-7-24)28(27)26(33-34)17-12-21-8-13-23(14-9-21)30(35)37-2/h8-19,24H,3-7,20H2,1-2H3,(H,31,32). The average Bonchev–Trinajstić information content (AvgIpc) is 3.30. The molecule has 1 N–H and O–H groups in total. The van der Waals surface area contributed by atoms with Gasteiger partial charge in [0.1, 0.15) is 11.6 Å². The maximum atomic E-state index is 11.8. The van der Waals surface area contributed by atoms with Crippen LogP contribution in [-0.2, 0) is 11.3 Å². The minimum atomic E-state index is -0.344. The van der Waals surface area contributed by atoms with Crippen LogP contribution in [0.25, 0.3) is 23.1 Å². The lowest BCUT2D eigenvalue weighted by Crippen LogP contribution is -2.22. The van der Waals surface area contributed by atoms with E-state index in [0.717, 1.165) is 52.1 Å². The second kappa shape index (κ2) is 11.3. The molecule has 2 heterocycles. The first-order chi connectivity index (χ1) is 18.1. The zero-order valence-electron chi connectivity index (χ0n) is 21.3. The van der Waals surface area contributed by atoms with Crippen LogP contribution in [0, 0.1) is 0 Å². The van der Waals surface area contributed by atoms with Crippen LogP contribution < -0.4 is 10.1 Å². The third kappa shape index (κ3) is 5.66. The summed E-state index contributed by atoms with van der Waals surface area (Å²) in [6, 6.07) is 17.9. The highest BCUT2D eigenvalue weighted by Gasteiger charge is 2.19. The summed E-state index contributed by atoms with van der Waals surface area (Å²) in [5.74, 6) is 1.37. The minimum absolute atomic E-state index is 0.344. The number of hydrogen-bond acceptors (Lipinski definition) is 6. The molecule has 0 bridgehead atoms. The molecule has 1 fully saturated rings. The van der Waals surface area contributed by atoms with Gasteiger partial charge in [0, 0.05) is 12.2 Å². The van der Waals surface area contributed by atoms with E-state index in [-0.39, 0.29) is 5.97 Å². The van der Waals surface area contributed by atoms with Crippen molar-refractivity contribution in [3.63, 3.8) is 0 Å². The molecule has 0 atom stereocenters. The third-order valence-electron chi connectivity index (χ3n) is 6.89. The predicted octanol–water partition coefficient (Wildman–Crippen LogP) is 6.19. The van der Waals surface area contributed by atoms with Crippen LogP contribution in [0.1, 0.15) is 59.3 Å². The fourth-order valence-corrected chi connectivity index (χ4v) is 4.87. The fourth-order valence-electron chi connectivity index (χ4n) is 4.87. The lowest BCUT2D eigenvalue weighted by molar-refractivity contribution is 0.0600. The van der Waals surface area contributed by atoms with Gasteiger partial charge in [-0.25, -0.2) is 9.78 Å². The van der Waals surface area contributed by atoms with Gasteiger partial charge in [0.15, 0.2) is 0 Å². The molecular formula is C30H32N4O3. The van der Waals surface area contributed by atoms with Gasteiger partial charge in [-0.05, 0) is 60.4 Å². The van der Waals surface area contributed by atoms with Gasteiger partial charge in [0.05, 0.1) is 42.9 Å². The average molecular weight is 497 g/mol. The number of fused-ring (bicyclic) bond motifs is 1. The third-order valence-corrected chi connectivity index (χ3v) is 6.89. The summed E-state index contributed by atoms with van der Waals surface area (Å²) in [6.45, 7) is 0.634. The van der Waals surface area contributed by atoms with E-state index in [0.29, 0.717) is 18.2 Å². The zero-order chi connectivity index (χ0) is 25.6. The largest absolute Gasteiger partial charge is 0.497 e. The van der Waals surface area contributed by atoms with Crippen LogP contribution in [0.15, 0.2) is 60.8 Å². The van der Waals surface area contributed by atoms with Gasteiger partial charge in [-0.2, -0.15) is 5.10 Å². The highest BCUT2D eigenvalue weighted by Crippen LogP contribution is 2.30. The van der Waals surface area contributed by atoms with Gasteiger partial charge < -0.3 is 14.8 Å². The molecule has 0 unspecified atom stereocenters. The number of aromatic nitrogens is 3. The Morgan fingerprint density at radius 3 is 2.46 bits per heavy atom. The minimum Gasteiger partial charge on any atom is -0.497 e. The Hall–Kier alpha value is -4.13. The summed E-state index contributed by atoms with van der Waals surface area (Å²) in [5, 5.41) is 9.73. The van der Waals surface area contributed by atoms with Crippen molar-refractivity contribution in [2.24, 2.45) is 0 Å². The molecule has 0 aliphatic heterocycles. The summed E-state index contributed by atoms with van der Waals surface area (Å²) in [6.07, 6.45) is 12.0. The van der Waals surface area contributed by atoms with E-state index in [1.807, 2.05) is 53.4 Å². The van der Waals surface area contributed by atoms with E-state index < -0.39 is 0 Å². The molecule has 37 heavy (non-hydrogen) atoms. The number of hydrogen-bond donors (Lipinski definition) is 1. The maximum absolute atomic E-state index is 11.8. The molecule has 1 aliphatic rings. The van der Waals surface area contributed by atoms with E-state index in [9.17, 15) is 4.79 Å². The number of anilines is 1. The molecule has 7 heteroatoms. The van der Waals surface area contributed by atoms with Gasteiger partial charge in [-0.3, -0.25) is 4.68 Å². The Morgan fingerprint density at radius 1 is 1.00 bits per heavy atom. The molecule has 0 spiro atoms. The number of benzene rings is 2. The highest BCUT2D eigenvalue weighted by molar-refractivity contribution is 5.97. The van der Waals surface area contributed by atoms with Crippen LogP contribution in [0.5, 0.6) is 5.75 Å². The van der Waals surface area contributed by atoms with Crippen molar-refractivity contribution in [1.82, 2.24) is 14.8 Å². The Labute approximate surface area is 217 Å². The summed E-state index contributed by atoms with van der Waals surface area (Å²) in [4.78, 5) is 16.5. The van der Waals surface area contributed by atoms with Crippen molar-refractivity contribution in [1.29, 1.82) is 0 Å². The van der Waals surface area contributed by atoms with Crippen LogP contribution in [0.2, 0.25) is 0 Å². The second-order valence-electron chi connectivity index (χ2n) is 9.37. The van der Waals surface area contributed by atoms with Gasteiger partial charge in [-0.15, -0.1) is 0 Å². The number of carbonyl (C=O) groups excluding carboxylic acids is 1. The summed E-state index contributed by atoms with van der Waals surface area (Å²) >= 11 is 0. The van der Waals surface area contributed by atoms with Crippen molar-refractivity contribution >= 4 is 34.8 Å². The van der Waals surface area contributed by atoms with Crippen molar-refractivity contribution in [2.75, 3.05) is 19.5 Å². The van der Waals surface area contributed by atoms with Crippen molar-refractivity contribution in [3.8, 4) is 5.75 Å². The van der Waals surface area contributed by atoms with Crippen LogP contribution in [-0.4, -0.2) is 41.0 Å². The number of ether oxygens (including phenoxy) is 2. The number of nitrogens with one attached hydrogen (secondary N) is 1. The Balaban J connectivity index is 1.50. The molecule has 0 radical (unpaired) electrons. The first-order valence-electron chi connectivity index (χ1n) is 12.8. The molecule has 2 aromatic heterocycles. The van der Waals surface area contributed by atoms with Crippen LogP contribution >= 0.6 is 0 Å². The number of esters is 1. The van der Waals surface area contributed by atoms with Gasteiger partial charge in [0.25, 0.3) is 0 Å². The predicted molar refractivity (Wildman–Crippen MR) is 147 cm³/mol. The summed E-state index contributed by atoms with van der Waals surface area (Å²) in [7, 11) is 3.06. The molecule has 0 amide bonds. The molecule has 4 aromatic rings. The molecule has 2 aromatic carbocycles. The first-order valence-corrected chi connectivity index (χ1v) is 12.8. The van der Waals surface area contributed by atoms with Crippen molar-refractivity contribution in [3.05, 3.63) is 83.2 Å². The van der Waals surface area contributed by atoms with Crippen LogP contribution in [0.3, 0.4) is 0 Å². The summed E-state index contributed by atoms with van der Waals surface area (Å²) in [5.41, 5.74) is 4.52. The summed E-state index contributed by atoms with van der Waals surface area (Å²) < 4.78 is 12.1. The smallest absolute Gasteiger partial charge is 0.337 e. The maximum Gasteiger partial charge on any atom is 0.337 e.